The third-order valence-corrected chi connectivity index (χ3v) is 3.35. The predicted octanol–water partition coefficient (Wildman–Crippen LogP) is 0.992. The van der Waals surface area contributed by atoms with Crippen molar-refractivity contribution in [2.75, 3.05) is 0 Å². The lowest BCUT2D eigenvalue weighted by atomic mass is 9.80. The number of fused-ring (bicyclic) bond motifs is 2. The predicted molar refractivity (Wildman–Crippen MR) is 52.9 cm³/mol. The highest BCUT2D eigenvalue weighted by Crippen LogP contribution is 2.42. The van der Waals surface area contributed by atoms with E-state index in [-0.39, 0.29) is 18.0 Å². The Morgan fingerprint density at radius 1 is 1.80 bits per heavy atom. The van der Waals surface area contributed by atoms with Crippen LogP contribution in [0.1, 0.15) is 26.2 Å². The van der Waals surface area contributed by atoms with Gasteiger partial charge in [-0.2, -0.15) is 0 Å². The minimum atomic E-state index is -0.995. The van der Waals surface area contributed by atoms with Gasteiger partial charge in [0, 0.05) is 6.42 Å². The summed E-state index contributed by atoms with van der Waals surface area (Å²) in [6.45, 7) is 5.32. The minimum Gasteiger partial charge on any atom is -0.459 e. The first kappa shape index (κ1) is 10.6. The lowest BCUT2D eigenvalue weighted by Crippen LogP contribution is -2.46. The van der Waals surface area contributed by atoms with Gasteiger partial charge in [-0.1, -0.05) is 6.58 Å². The van der Waals surface area contributed by atoms with E-state index >= 15 is 0 Å². The number of rotatable bonds is 3. The van der Waals surface area contributed by atoms with Gasteiger partial charge in [-0.25, -0.2) is 0 Å². The van der Waals surface area contributed by atoms with Gasteiger partial charge in [0.25, 0.3) is 0 Å². The molecular formula is C11H16O4. The molecule has 4 heteroatoms. The van der Waals surface area contributed by atoms with Crippen molar-refractivity contribution in [3.63, 3.8) is 0 Å². The van der Waals surface area contributed by atoms with Crippen molar-refractivity contribution < 1.29 is 19.4 Å². The second-order valence-corrected chi connectivity index (χ2v) is 4.45. The van der Waals surface area contributed by atoms with Crippen LogP contribution < -0.4 is 0 Å². The number of aliphatic hydroxyl groups excluding tert-OH is 1. The fourth-order valence-corrected chi connectivity index (χ4v) is 2.33. The molecule has 1 saturated heterocycles. The summed E-state index contributed by atoms with van der Waals surface area (Å²) in [5.74, 6) is -0.0898. The fraction of sp³-hybridized carbons (Fsp3) is 0.727. The first-order chi connectivity index (χ1) is 7.05. The molecule has 1 N–H and O–H groups in total. The summed E-state index contributed by atoms with van der Waals surface area (Å²) in [5, 5.41) is 9.39. The molecule has 0 aromatic carbocycles. The van der Waals surface area contributed by atoms with Gasteiger partial charge in [-0.15, -0.1) is 0 Å². The van der Waals surface area contributed by atoms with Crippen molar-refractivity contribution >= 4 is 5.97 Å². The molecule has 1 heterocycles. The van der Waals surface area contributed by atoms with E-state index in [0.717, 1.165) is 12.8 Å². The molecule has 1 saturated carbocycles. The van der Waals surface area contributed by atoms with E-state index in [1.807, 2.05) is 6.92 Å². The molecule has 0 spiro atoms. The second kappa shape index (κ2) is 3.61. The van der Waals surface area contributed by atoms with E-state index < -0.39 is 11.9 Å². The summed E-state index contributed by atoms with van der Waals surface area (Å²) in [4.78, 5) is 11.3. The zero-order chi connectivity index (χ0) is 11.1. The summed E-state index contributed by atoms with van der Waals surface area (Å²) in [6.07, 6.45) is 2.33. The average molecular weight is 212 g/mol. The van der Waals surface area contributed by atoms with Gasteiger partial charge in [0.05, 0.1) is 5.92 Å². The first-order valence-corrected chi connectivity index (χ1v) is 5.24. The summed E-state index contributed by atoms with van der Waals surface area (Å²) >= 11 is 0. The van der Waals surface area contributed by atoms with Crippen LogP contribution in [0.3, 0.4) is 0 Å². The number of hydrogen-bond donors (Lipinski definition) is 1. The van der Waals surface area contributed by atoms with Gasteiger partial charge >= 0.3 is 5.97 Å². The lowest BCUT2D eigenvalue weighted by molar-refractivity contribution is -0.202. The van der Waals surface area contributed by atoms with Crippen LogP contribution in [-0.2, 0) is 14.3 Å². The van der Waals surface area contributed by atoms with Crippen LogP contribution in [0, 0.1) is 5.92 Å². The maximum Gasteiger partial charge on any atom is 0.309 e. The Morgan fingerprint density at radius 3 is 3.20 bits per heavy atom. The molecule has 2 aliphatic rings. The Morgan fingerprint density at radius 2 is 2.53 bits per heavy atom. The quantitative estimate of drug-likeness (QED) is 0.430. The van der Waals surface area contributed by atoms with Crippen LogP contribution in [0.4, 0.5) is 0 Å². The van der Waals surface area contributed by atoms with Crippen molar-refractivity contribution in [2.45, 2.75) is 44.2 Å². The molecule has 4 unspecified atom stereocenters. The lowest BCUT2D eigenvalue weighted by Gasteiger charge is -2.37. The zero-order valence-corrected chi connectivity index (χ0v) is 8.81. The molecular weight excluding hydrogens is 196 g/mol. The Kier molecular flexibility index (Phi) is 2.56. The Balaban J connectivity index is 2.09. The van der Waals surface area contributed by atoms with E-state index in [2.05, 4.69) is 6.58 Å². The maximum absolute atomic E-state index is 11.3. The van der Waals surface area contributed by atoms with Crippen molar-refractivity contribution in [2.24, 2.45) is 5.92 Å². The number of carbonyl (C=O) groups is 1. The minimum absolute atomic E-state index is 0.0348. The van der Waals surface area contributed by atoms with Gasteiger partial charge in [0.1, 0.15) is 11.7 Å². The van der Waals surface area contributed by atoms with Crippen LogP contribution in [0.15, 0.2) is 12.7 Å². The molecule has 15 heavy (non-hydrogen) atoms. The highest BCUT2D eigenvalue weighted by atomic mass is 16.6. The van der Waals surface area contributed by atoms with E-state index in [1.54, 1.807) is 0 Å². The van der Waals surface area contributed by atoms with Crippen LogP contribution in [0.2, 0.25) is 0 Å². The highest BCUT2D eigenvalue weighted by molar-refractivity contribution is 5.75. The molecule has 0 radical (unpaired) electrons. The van der Waals surface area contributed by atoms with Crippen LogP contribution in [0.25, 0.3) is 0 Å². The normalized spacial score (nSPS) is 41.1. The van der Waals surface area contributed by atoms with Gasteiger partial charge < -0.3 is 14.6 Å². The second-order valence-electron chi connectivity index (χ2n) is 4.45. The number of aliphatic hydroxyl groups is 1. The number of ether oxygens (including phenoxy) is 2. The Hall–Kier alpha value is -0.870. The smallest absolute Gasteiger partial charge is 0.309 e. The molecule has 2 rings (SSSR count). The SMILES string of the molecule is C=CC(O)OC1(C)CCC2CC1OC2=O. The monoisotopic (exact) mass is 212 g/mol. The summed E-state index contributed by atoms with van der Waals surface area (Å²) in [6, 6.07) is 0. The fourth-order valence-electron chi connectivity index (χ4n) is 2.33. The van der Waals surface area contributed by atoms with Gasteiger partial charge in [-0.3, -0.25) is 4.79 Å². The number of hydrogen-bond acceptors (Lipinski definition) is 4. The molecule has 4 atom stereocenters. The Bertz CT molecular complexity index is 288. The third-order valence-electron chi connectivity index (χ3n) is 3.35. The molecule has 2 bridgehead atoms. The van der Waals surface area contributed by atoms with Gasteiger partial charge in [-0.05, 0) is 25.8 Å². The van der Waals surface area contributed by atoms with E-state index in [4.69, 9.17) is 9.47 Å². The molecule has 1 aliphatic heterocycles. The average Bonchev–Trinajstić information content (AvgIpc) is 2.52. The van der Waals surface area contributed by atoms with Crippen LogP contribution in [-0.4, -0.2) is 29.1 Å². The highest BCUT2D eigenvalue weighted by Gasteiger charge is 2.51. The largest absolute Gasteiger partial charge is 0.459 e. The molecule has 84 valence electrons. The molecule has 4 nitrogen and oxygen atoms in total. The molecule has 0 aromatic heterocycles. The summed E-state index contributed by atoms with van der Waals surface area (Å²) in [5.41, 5.74) is -0.573. The van der Waals surface area contributed by atoms with Crippen molar-refractivity contribution in [1.29, 1.82) is 0 Å². The van der Waals surface area contributed by atoms with Gasteiger partial charge in [0.2, 0.25) is 0 Å². The standard InChI is InChI=1S/C11H16O4/c1-3-9(12)15-11(2)5-4-7-6-8(11)14-10(7)13/h3,7-9,12H,1,4-6H2,2H3. The Labute approximate surface area is 88.9 Å². The summed E-state index contributed by atoms with van der Waals surface area (Å²) in [7, 11) is 0. The topological polar surface area (TPSA) is 55.8 Å². The molecule has 2 fully saturated rings. The zero-order valence-electron chi connectivity index (χ0n) is 8.81. The number of carbonyl (C=O) groups excluding carboxylic acids is 1. The third kappa shape index (κ3) is 1.79. The first-order valence-electron chi connectivity index (χ1n) is 5.24. The van der Waals surface area contributed by atoms with Crippen LogP contribution in [0.5, 0.6) is 0 Å². The summed E-state index contributed by atoms with van der Waals surface area (Å²) < 4.78 is 10.7. The van der Waals surface area contributed by atoms with E-state index in [0.29, 0.717) is 6.42 Å². The van der Waals surface area contributed by atoms with Gasteiger partial charge in [0.15, 0.2) is 6.29 Å². The van der Waals surface area contributed by atoms with Crippen LogP contribution >= 0.6 is 0 Å². The number of esters is 1. The molecule has 1 aliphatic carbocycles. The van der Waals surface area contributed by atoms with E-state index in [9.17, 15) is 9.90 Å². The van der Waals surface area contributed by atoms with E-state index in [1.165, 1.54) is 6.08 Å². The maximum atomic E-state index is 11.3. The van der Waals surface area contributed by atoms with Crippen molar-refractivity contribution in [3.05, 3.63) is 12.7 Å². The molecule has 0 aromatic rings. The molecule has 0 amide bonds. The van der Waals surface area contributed by atoms with Crippen molar-refractivity contribution in [3.8, 4) is 0 Å². The van der Waals surface area contributed by atoms with Crippen molar-refractivity contribution in [1.82, 2.24) is 0 Å².